The number of aliphatic imine (C=N–C) groups is 1. The highest BCUT2D eigenvalue weighted by Crippen LogP contribution is 2.26. The van der Waals surface area contributed by atoms with Crippen LogP contribution in [-0.4, -0.2) is 30.5 Å². The number of fused-ring (bicyclic) bond motifs is 1. The minimum Gasteiger partial charge on any atom is -0.459 e. The molecule has 118 valence electrons. The van der Waals surface area contributed by atoms with Crippen molar-refractivity contribution >= 4 is 16.9 Å². The number of guanidine groups is 1. The van der Waals surface area contributed by atoms with Crippen LogP contribution in [0.2, 0.25) is 0 Å². The summed E-state index contributed by atoms with van der Waals surface area (Å²) in [5, 5.41) is 4.16. The molecule has 5 heteroatoms. The molecule has 0 saturated carbocycles. The molecular weight excluding hydrogens is 281 g/mol. The maximum Gasteiger partial charge on any atom is 0.194 e. The molecule has 0 spiro atoms. The van der Waals surface area contributed by atoms with Gasteiger partial charge in [0.05, 0.1) is 0 Å². The Balaban J connectivity index is 1.84. The van der Waals surface area contributed by atoms with Gasteiger partial charge in [-0.15, -0.1) is 0 Å². The van der Waals surface area contributed by atoms with Crippen LogP contribution in [0, 0.1) is 12.7 Å². The first kappa shape index (κ1) is 14.9. The molecule has 0 unspecified atom stereocenters. The van der Waals surface area contributed by atoms with E-state index in [1.165, 1.54) is 25.0 Å². The van der Waals surface area contributed by atoms with Crippen LogP contribution >= 0.6 is 0 Å². The number of rotatable bonds is 3. The van der Waals surface area contributed by atoms with Crippen molar-refractivity contribution < 1.29 is 8.81 Å². The summed E-state index contributed by atoms with van der Waals surface area (Å²) in [4.78, 5) is 6.97. The van der Waals surface area contributed by atoms with Gasteiger partial charge in [0, 0.05) is 30.6 Å². The maximum atomic E-state index is 13.4. The molecule has 0 radical (unpaired) electrons. The first-order chi connectivity index (χ1) is 10.7. The van der Waals surface area contributed by atoms with E-state index in [1.807, 2.05) is 6.92 Å². The van der Waals surface area contributed by atoms with Gasteiger partial charge in [0.15, 0.2) is 5.96 Å². The Labute approximate surface area is 130 Å². The fourth-order valence-corrected chi connectivity index (χ4v) is 2.90. The van der Waals surface area contributed by atoms with Crippen LogP contribution in [0.4, 0.5) is 4.39 Å². The Morgan fingerprint density at radius 1 is 1.36 bits per heavy atom. The summed E-state index contributed by atoms with van der Waals surface area (Å²) in [6, 6.07) is 4.62. The summed E-state index contributed by atoms with van der Waals surface area (Å²) in [5.74, 6) is 1.50. The molecule has 1 aliphatic heterocycles. The summed E-state index contributed by atoms with van der Waals surface area (Å²) < 4.78 is 19.2. The maximum absolute atomic E-state index is 13.4. The quantitative estimate of drug-likeness (QED) is 0.697. The number of hydrogen-bond donors (Lipinski definition) is 1. The van der Waals surface area contributed by atoms with Gasteiger partial charge in [-0.2, -0.15) is 0 Å². The number of aryl methyl sites for hydroxylation is 1. The lowest BCUT2D eigenvalue weighted by Gasteiger charge is -2.20. The summed E-state index contributed by atoms with van der Waals surface area (Å²) >= 11 is 0. The molecule has 1 N–H and O–H groups in total. The highest BCUT2D eigenvalue weighted by molar-refractivity contribution is 5.83. The largest absolute Gasteiger partial charge is 0.459 e. The molecule has 0 aliphatic carbocycles. The monoisotopic (exact) mass is 303 g/mol. The molecule has 1 fully saturated rings. The van der Waals surface area contributed by atoms with Crippen LogP contribution in [-0.2, 0) is 6.54 Å². The van der Waals surface area contributed by atoms with Gasteiger partial charge >= 0.3 is 0 Å². The standard InChI is InChI=1S/C17H22FN3O/c1-3-19-17(21-8-4-5-9-21)20-11-16-12(2)14-10-13(18)6-7-15(14)22-16/h6-7,10H,3-5,8-9,11H2,1-2H3,(H,19,20). The van der Waals surface area contributed by atoms with Gasteiger partial charge < -0.3 is 14.6 Å². The molecule has 4 nitrogen and oxygen atoms in total. The van der Waals surface area contributed by atoms with E-state index in [0.717, 1.165) is 47.9 Å². The fourth-order valence-electron chi connectivity index (χ4n) is 2.90. The molecule has 0 amide bonds. The van der Waals surface area contributed by atoms with E-state index in [9.17, 15) is 4.39 Å². The van der Waals surface area contributed by atoms with Crippen molar-refractivity contribution in [3.63, 3.8) is 0 Å². The number of halogens is 1. The molecule has 0 atom stereocenters. The van der Waals surface area contributed by atoms with Crippen molar-refractivity contribution in [3.8, 4) is 0 Å². The number of furan rings is 1. The van der Waals surface area contributed by atoms with Crippen LogP contribution in [0.15, 0.2) is 27.6 Å². The van der Waals surface area contributed by atoms with E-state index < -0.39 is 0 Å². The molecule has 22 heavy (non-hydrogen) atoms. The Morgan fingerprint density at radius 3 is 2.86 bits per heavy atom. The van der Waals surface area contributed by atoms with Gasteiger partial charge in [-0.3, -0.25) is 0 Å². The van der Waals surface area contributed by atoms with Crippen LogP contribution < -0.4 is 5.32 Å². The highest BCUT2D eigenvalue weighted by atomic mass is 19.1. The highest BCUT2D eigenvalue weighted by Gasteiger charge is 2.16. The lowest BCUT2D eigenvalue weighted by atomic mass is 10.1. The third-order valence-corrected chi connectivity index (χ3v) is 4.11. The van der Waals surface area contributed by atoms with Crippen molar-refractivity contribution in [1.82, 2.24) is 10.2 Å². The minimum absolute atomic E-state index is 0.239. The molecule has 2 aromatic rings. The zero-order valence-corrected chi connectivity index (χ0v) is 13.2. The average Bonchev–Trinajstić information content (AvgIpc) is 3.13. The second kappa shape index (κ2) is 6.38. The summed E-state index contributed by atoms with van der Waals surface area (Å²) in [7, 11) is 0. The molecular formula is C17H22FN3O. The van der Waals surface area contributed by atoms with Gasteiger partial charge in [-0.25, -0.2) is 9.38 Å². The lowest BCUT2D eigenvalue weighted by Crippen LogP contribution is -2.39. The van der Waals surface area contributed by atoms with E-state index in [4.69, 9.17) is 4.42 Å². The number of nitrogens with one attached hydrogen (secondary N) is 1. The number of benzene rings is 1. The van der Waals surface area contributed by atoms with Crippen LogP contribution in [0.25, 0.3) is 11.0 Å². The summed E-state index contributed by atoms with van der Waals surface area (Å²) in [6.45, 7) is 7.45. The van der Waals surface area contributed by atoms with Crippen LogP contribution in [0.5, 0.6) is 0 Å². The van der Waals surface area contributed by atoms with Crippen molar-refractivity contribution in [2.75, 3.05) is 19.6 Å². The normalized spacial score (nSPS) is 15.8. The first-order valence-corrected chi connectivity index (χ1v) is 7.90. The molecule has 1 aromatic carbocycles. The topological polar surface area (TPSA) is 40.8 Å². The summed E-state index contributed by atoms with van der Waals surface area (Å²) in [6.07, 6.45) is 2.43. The summed E-state index contributed by atoms with van der Waals surface area (Å²) in [5.41, 5.74) is 1.69. The van der Waals surface area contributed by atoms with Crippen molar-refractivity contribution in [2.24, 2.45) is 4.99 Å². The Morgan fingerprint density at radius 2 is 2.14 bits per heavy atom. The zero-order valence-electron chi connectivity index (χ0n) is 13.2. The Bertz CT molecular complexity index is 687. The predicted molar refractivity (Wildman–Crippen MR) is 86.5 cm³/mol. The third-order valence-electron chi connectivity index (χ3n) is 4.11. The SMILES string of the molecule is CCNC(=NCc1oc2ccc(F)cc2c1C)N1CCCC1. The van der Waals surface area contributed by atoms with Gasteiger partial charge in [0.25, 0.3) is 0 Å². The first-order valence-electron chi connectivity index (χ1n) is 7.90. The fraction of sp³-hybridized carbons (Fsp3) is 0.471. The smallest absolute Gasteiger partial charge is 0.194 e. The Hall–Kier alpha value is -2.04. The molecule has 2 heterocycles. The minimum atomic E-state index is -0.239. The lowest BCUT2D eigenvalue weighted by molar-refractivity contribution is 0.488. The van der Waals surface area contributed by atoms with E-state index in [0.29, 0.717) is 6.54 Å². The molecule has 3 rings (SSSR count). The van der Waals surface area contributed by atoms with E-state index in [2.05, 4.69) is 22.1 Å². The van der Waals surface area contributed by atoms with Crippen molar-refractivity contribution in [1.29, 1.82) is 0 Å². The predicted octanol–water partition coefficient (Wildman–Crippen LogP) is 3.44. The average molecular weight is 303 g/mol. The number of nitrogens with zero attached hydrogens (tertiary/aromatic N) is 2. The third kappa shape index (κ3) is 2.93. The number of hydrogen-bond acceptors (Lipinski definition) is 2. The van der Waals surface area contributed by atoms with E-state index in [-0.39, 0.29) is 5.82 Å². The number of likely N-dealkylation sites (tertiary alicyclic amines) is 1. The van der Waals surface area contributed by atoms with Crippen LogP contribution in [0.1, 0.15) is 31.1 Å². The van der Waals surface area contributed by atoms with Gasteiger partial charge in [0.2, 0.25) is 0 Å². The second-order valence-electron chi connectivity index (χ2n) is 5.66. The van der Waals surface area contributed by atoms with Crippen molar-refractivity contribution in [3.05, 3.63) is 35.3 Å². The van der Waals surface area contributed by atoms with Crippen LogP contribution in [0.3, 0.4) is 0 Å². The van der Waals surface area contributed by atoms with E-state index >= 15 is 0 Å². The Kier molecular flexibility index (Phi) is 4.32. The zero-order chi connectivity index (χ0) is 15.5. The van der Waals surface area contributed by atoms with Crippen molar-refractivity contribution in [2.45, 2.75) is 33.2 Å². The second-order valence-corrected chi connectivity index (χ2v) is 5.66. The van der Waals surface area contributed by atoms with Gasteiger partial charge in [0.1, 0.15) is 23.7 Å². The molecule has 1 aliphatic rings. The molecule has 1 aromatic heterocycles. The molecule has 1 saturated heterocycles. The van der Waals surface area contributed by atoms with E-state index in [1.54, 1.807) is 6.07 Å². The van der Waals surface area contributed by atoms with Gasteiger partial charge in [-0.1, -0.05) is 0 Å². The molecule has 0 bridgehead atoms. The van der Waals surface area contributed by atoms with Gasteiger partial charge in [-0.05, 0) is 44.9 Å².